The van der Waals surface area contributed by atoms with Gasteiger partial charge in [0.2, 0.25) is 5.91 Å². The number of unbranched alkanes of at least 4 members (excludes halogenated alkanes) is 11. The molecule has 2 N–H and O–H groups in total. The van der Waals surface area contributed by atoms with Crippen LogP contribution in [0.2, 0.25) is 0 Å². The van der Waals surface area contributed by atoms with Crippen molar-refractivity contribution in [1.82, 2.24) is 10.6 Å². The fourth-order valence-corrected chi connectivity index (χ4v) is 4.68. The zero-order valence-electron chi connectivity index (χ0n) is 20.4. The van der Waals surface area contributed by atoms with Crippen molar-refractivity contribution < 1.29 is 9.28 Å². The van der Waals surface area contributed by atoms with Crippen molar-refractivity contribution in [2.24, 2.45) is 0 Å². The Bertz CT molecular complexity index is 503. The number of hydrogen-bond acceptors (Lipinski definition) is 2. The van der Waals surface area contributed by atoms with Crippen LogP contribution in [0, 0.1) is 0 Å². The molecule has 4 nitrogen and oxygen atoms in total. The van der Waals surface area contributed by atoms with Crippen molar-refractivity contribution >= 4 is 5.91 Å². The van der Waals surface area contributed by atoms with Gasteiger partial charge in [0.05, 0.1) is 12.7 Å². The first-order valence-electron chi connectivity index (χ1n) is 12.8. The third kappa shape index (κ3) is 10.1. The van der Waals surface area contributed by atoms with Crippen LogP contribution in [0.3, 0.4) is 0 Å². The number of rotatable bonds is 18. The SMILES string of the molecule is CCCCC/C=C/CCCCCCCCCCC1NC=C[N+]1(CC)C(C)NC(C)=O. The van der Waals surface area contributed by atoms with E-state index in [1.165, 1.54) is 83.5 Å². The minimum absolute atomic E-state index is 0.0514. The lowest BCUT2D eigenvalue weighted by Gasteiger charge is -2.41. The van der Waals surface area contributed by atoms with Crippen LogP contribution < -0.4 is 10.6 Å². The van der Waals surface area contributed by atoms with E-state index in [2.05, 4.69) is 56.0 Å². The molecule has 1 rings (SSSR count). The molecule has 3 atom stereocenters. The van der Waals surface area contributed by atoms with Gasteiger partial charge in [-0.05, 0) is 39.0 Å². The summed E-state index contributed by atoms with van der Waals surface area (Å²) in [6.07, 6.45) is 28.1. The molecule has 0 aromatic carbocycles. The molecule has 0 aromatic rings. The molecular formula is C26H50N3O+. The fraction of sp³-hybridized carbons (Fsp3) is 0.808. The average molecular weight is 421 g/mol. The van der Waals surface area contributed by atoms with Crippen LogP contribution in [0.25, 0.3) is 0 Å². The molecule has 1 aliphatic heterocycles. The lowest BCUT2D eigenvalue weighted by atomic mass is 10.0. The third-order valence-corrected chi connectivity index (χ3v) is 6.64. The van der Waals surface area contributed by atoms with E-state index < -0.39 is 0 Å². The Hall–Kier alpha value is -1.29. The van der Waals surface area contributed by atoms with Crippen LogP contribution in [-0.2, 0) is 4.79 Å². The number of allylic oxidation sites excluding steroid dienone is 2. The molecule has 0 saturated heterocycles. The standard InChI is InChI=1S/C26H49N3O/c1-5-7-8-9-10-11-12-13-14-15-16-17-18-19-20-21-26-27-22-23-29(26,6-2)24(3)28-25(4)30/h10-11,22-24,26-27H,5-9,12-21H2,1-4H3/p+1/b11-10+. The maximum absolute atomic E-state index is 11.5. The molecule has 0 spiro atoms. The Balaban J connectivity index is 2.05. The van der Waals surface area contributed by atoms with Gasteiger partial charge in [-0.25, -0.2) is 0 Å². The number of hydrogen-bond donors (Lipinski definition) is 2. The van der Waals surface area contributed by atoms with Crippen LogP contribution >= 0.6 is 0 Å². The van der Waals surface area contributed by atoms with E-state index >= 15 is 0 Å². The third-order valence-electron chi connectivity index (χ3n) is 6.64. The molecule has 1 aliphatic rings. The molecular weight excluding hydrogens is 370 g/mol. The van der Waals surface area contributed by atoms with Crippen molar-refractivity contribution in [3.05, 3.63) is 24.6 Å². The summed E-state index contributed by atoms with van der Waals surface area (Å²) in [5, 5.41) is 6.64. The van der Waals surface area contributed by atoms with E-state index in [4.69, 9.17) is 0 Å². The molecule has 0 aromatic heterocycles. The van der Waals surface area contributed by atoms with Crippen molar-refractivity contribution in [1.29, 1.82) is 0 Å². The lowest BCUT2D eigenvalue weighted by Crippen LogP contribution is -2.62. The average Bonchev–Trinajstić information content (AvgIpc) is 3.14. The minimum atomic E-state index is 0.0514. The highest BCUT2D eigenvalue weighted by Gasteiger charge is 2.41. The first-order chi connectivity index (χ1) is 14.6. The molecule has 30 heavy (non-hydrogen) atoms. The minimum Gasteiger partial charge on any atom is -0.338 e. The predicted molar refractivity (Wildman–Crippen MR) is 130 cm³/mol. The second kappa shape index (κ2) is 16.4. The maximum Gasteiger partial charge on any atom is 0.221 e. The van der Waals surface area contributed by atoms with Crippen LogP contribution in [-0.4, -0.2) is 29.3 Å². The van der Waals surface area contributed by atoms with Crippen LogP contribution in [0.4, 0.5) is 0 Å². The molecule has 1 heterocycles. The van der Waals surface area contributed by atoms with Gasteiger partial charge in [0, 0.05) is 20.3 Å². The highest BCUT2D eigenvalue weighted by atomic mass is 16.1. The van der Waals surface area contributed by atoms with Gasteiger partial charge in [-0.1, -0.05) is 70.4 Å². The van der Waals surface area contributed by atoms with Gasteiger partial charge in [0.1, 0.15) is 6.20 Å². The van der Waals surface area contributed by atoms with Crippen molar-refractivity contribution in [2.75, 3.05) is 6.54 Å². The van der Waals surface area contributed by atoms with E-state index in [1.807, 2.05) is 0 Å². The van der Waals surface area contributed by atoms with E-state index in [-0.39, 0.29) is 12.1 Å². The van der Waals surface area contributed by atoms with Crippen LogP contribution in [0.15, 0.2) is 24.6 Å². The number of nitrogens with one attached hydrogen (secondary N) is 2. The summed E-state index contributed by atoms with van der Waals surface area (Å²) in [6, 6.07) is 0. The molecule has 0 radical (unpaired) electrons. The molecule has 0 fully saturated rings. The van der Waals surface area contributed by atoms with Gasteiger partial charge in [0.25, 0.3) is 0 Å². The zero-order valence-corrected chi connectivity index (χ0v) is 20.4. The van der Waals surface area contributed by atoms with E-state index in [1.54, 1.807) is 6.92 Å². The quantitative estimate of drug-likeness (QED) is 0.146. The highest BCUT2D eigenvalue weighted by molar-refractivity contribution is 5.72. The summed E-state index contributed by atoms with van der Waals surface area (Å²) in [5.74, 6) is 0.0514. The number of carbonyl (C=O) groups excluding carboxylic acids is 1. The molecule has 3 unspecified atom stereocenters. The zero-order chi connectivity index (χ0) is 22.1. The predicted octanol–water partition coefficient (Wildman–Crippen LogP) is 6.74. The molecule has 1 amide bonds. The van der Waals surface area contributed by atoms with E-state index in [0.29, 0.717) is 6.17 Å². The highest BCUT2D eigenvalue weighted by Crippen LogP contribution is 2.26. The van der Waals surface area contributed by atoms with Gasteiger partial charge in [-0.15, -0.1) is 0 Å². The Morgan fingerprint density at radius 1 is 0.967 bits per heavy atom. The monoisotopic (exact) mass is 420 g/mol. The Labute approximate surface area is 187 Å². The summed E-state index contributed by atoms with van der Waals surface area (Å²) in [7, 11) is 0. The van der Waals surface area contributed by atoms with Gasteiger partial charge in [-0.3, -0.25) is 9.28 Å². The van der Waals surface area contributed by atoms with E-state index in [9.17, 15) is 4.79 Å². The summed E-state index contributed by atoms with van der Waals surface area (Å²) in [5.41, 5.74) is 0. The molecule has 4 heteroatoms. The normalized spacial score (nSPS) is 21.8. The molecule has 0 bridgehead atoms. The Morgan fingerprint density at radius 3 is 2.10 bits per heavy atom. The second-order valence-corrected chi connectivity index (χ2v) is 9.06. The topological polar surface area (TPSA) is 41.1 Å². The van der Waals surface area contributed by atoms with E-state index in [0.717, 1.165) is 17.4 Å². The van der Waals surface area contributed by atoms with Crippen LogP contribution in [0.1, 0.15) is 118 Å². The van der Waals surface area contributed by atoms with Crippen molar-refractivity contribution in [3.63, 3.8) is 0 Å². The molecule has 0 aliphatic carbocycles. The van der Waals surface area contributed by atoms with Crippen molar-refractivity contribution in [2.45, 2.75) is 130 Å². The first kappa shape index (κ1) is 26.7. The van der Waals surface area contributed by atoms with Crippen LogP contribution in [0.5, 0.6) is 0 Å². The fourth-order valence-electron chi connectivity index (χ4n) is 4.68. The summed E-state index contributed by atoms with van der Waals surface area (Å²) < 4.78 is 0.812. The smallest absolute Gasteiger partial charge is 0.221 e. The van der Waals surface area contributed by atoms with Crippen molar-refractivity contribution in [3.8, 4) is 0 Å². The number of quaternary nitrogens is 1. The van der Waals surface area contributed by atoms with Gasteiger partial charge < -0.3 is 10.6 Å². The Morgan fingerprint density at radius 2 is 1.53 bits per heavy atom. The summed E-state index contributed by atoms with van der Waals surface area (Å²) >= 11 is 0. The molecule has 174 valence electrons. The second-order valence-electron chi connectivity index (χ2n) is 9.06. The maximum atomic E-state index is 11.5. The summed E-state index contributed by atoms with van der Waals surface area (Å²) in [6.45, 7) is 9.20. The Kier molecular flexibility index (Phi) is 14.6. The van der Waals surface area contributed by atoms with Gasteiger partial charge in [0.15, 0.2) is 12.3 Å². The largest absolute Gasteiger partial charge is 0.338 e. The first-order valence-corrected chi connectivity index (χ1v) is 12.8. The molecule has 0 saturated carbocycles. The van der Waals surface area contributed by atoms with Gasteiger partial charge >= 0.3 is 0 Å². The van der Waals surface area contributed by atoms with Gasteiger partial charge in [-0.2, -0.15) is 0 Å². The lowest BCUT2D eigenvalue weighted by molar-refractivity contribution is -0.923. The number of amides is 1. The number of carbonyl (C=O) groups is 1. The summed E-state index contributed by atoms with van der Waals surface area (Å²) in [4.78, 5) is 11.5. The number of nitrogens with zero attached hydrogens (tertiary/aromatic N) is 1.